The number of carbonyl (C=O) groups excluding carboxylic acids is 1. The fraction of sp³-hybridized carbons (Fsp3) is 0.440. The van der Waals surface area contributed by atoms with Gasteiger partial charge >= 0.3 is 0 Å². The van der Waals surface area contributed by atoms with Crippen LogP contribution in [-0.2, 0) is 11.8 Å². The molecule has 5 rings (SSSR count). The van der Waals surface area contributed by atoms with E-state index < -0.39 is 0 Å². The number of nitrogens with zero attached hydrogens (tertiary/aromatic N) is 7. The lowest BCUT2D eigenvalue weighted by Gasteiger charge is -2.23. The second kappa shape index (κ2) is 10.1. The third-order valence-corrected chi connectivity index (χ3v) is 6.66. The number of rotatable bonds is 8. The molecule has 4 N–H and O–H groups in total. The van der Waals surface area contributed by atoms with E-state index in [0.717, 1.165) is 30.7 Å². The Balaban J connectivity index is 1.25. The molecule has 1 fully saturated rings. The third-order valence-electron chi connectivity index (χ3n) is 6.66. The van der Waals surface area contributed by atoms with Crippen molar-refractivity contribution in [3.05, 3.63) is 48.5 Å². The maximum atomic E-state index is 12.8. The van der Waals surface area contributed by atoms with Gasteiger partial charge in [0.2, 0.25) is 5.95 Å². The van der Waals surface area contributed by atoms with E-state index in [0.29, 0.717) is 40.6 Å². The summed E-state index contributed by atoms with van der Waals surface area (Å²) in [5.41, 5.74) is 3.10. The maximum Gasteiger partial charge on any atom is 0.252 e. The van der Waals surface area contributed by atoms with Crippen molar-refractivity contribution in [1.82, 2.24) is 45.2 Å². The molecule has 0 spiro atoms. The zero-order chi connectivity index (χ0) is 26.0. The van der Waals surface area contributed by atoms with Crippen molar-refractivity contribution >= 4 is 34.4 Å². The van der Waals surface area contributed by atoms with E-state index in [1.165, 1.54) is 12.7 Å². The topological polar surface area (TPSA) is 138 Å². The van der Waals surface area contributed by atoms with E-state index >= 15 is 0 Å². The minimum atomic E-state index is -0.105. The van der Waals surface area contributed by atoms with Gasteiger partial charge in [-0.3, -0.25) is 4.79 Å². The van der Waals surface area contributed by atoms with Gasteiger partial charge in [0.05, 0.1) is 35.1 Å². The summed E-state index contributed by atoms with van der Waals surface area (Å²) in [5.74, 6) is 0.931. The molecule has 2 aliphatic rings. The Labute approximate surface area is 215 Å². The van der Waals surface area contributed by atoms with Crippen LogP contribution < -0.4 is 21.3 Å². The monoisotopic (exact) mass is 503 g/mol. The van der Waals surface area contributed by atoms with Crippen LogP contribution in [0.4, 0.5) is 17.5 Å². The number of hydrogen-bond donors (Lipinski definition) is 4. The van der Waals surface area contributed by atoms with Crippen LogP contribution >= 0.6 is 0 Å². The van der Waals surface area contributed by atoms with E-state index in [1.54, 1.807) is 29.5 Å². The number of fused-ring (bicyclic) bond motifs is 1. The van der Waals surface area contributed by atoms with Crippen LogP contribution in [0.5, 0.6) is 0 Å². The summed E-state index contributed by atoms with van der Waals surface area (Å²) < 4.78 is 1.69. The lowest BCUT2D eigenvalue weighted by Crippen LogP contribution is -2.37. The largest absolute Gasteiger partial charge is 0.382 e. The molecule has 0 aromatic carbocycles. The fourth-order valence-electron chi connectivity index (χ4n) is 4.58. The zero-order valence-corrected chi connectivity index (χ0v) is 21.6. The summed E-state index contributed by atoms with van der Waals surface area (Å²) >= 11 is 0. The van der Waals surface area contributed by atoms with Crippen LogP contribution in [-0.4, -0.2) is 72.7 Å². The van der Waals surface area contributed by atoms with E-state index in [9.17, 15) is 4.79 Å². The molecule has 0 radical (unpaired) electrons. The maximum absolute atomic E-state index is 12.8. The Morgan fingerprint density at radius 2 is 2.03 bits per heavy atom. The number of anilines is 3. The number of hydrogen-bond acceptors (Lipinski definition) is 10. The molecular weight excluding hydrogens is 470 g/mol. The Hall–Kier alpha value is -4.06. The highest BCUT2D eigenvalue weighted by molar-refractivity contribution is 5.97. The van der Waals surface area contributed by atoms with Gasteiger partial charge in [-0.15, -0.1) is 0 Å². The van der Waals surface area contributed by atoms with Gasteiger partial charge in [-0.25, -0.2) is 19.6 Å². The molecule has 12 heteroatoms. The van der Waals surface area contributed by atoms with Gasteiger partial charge in [0.1, 0.15) is 6.33 Å². The summed E-state index contributed by atoms with van der Waals surface area (Å²) in [5, 5.41) is 18.1. The zero-order valence-electron chi connectivity index (χ0n) is 21.6. The number of amides is 1. The van der Waals surface area contributed by atoms with E-state index in [-0.39, 0.29) is 11.9 Å². The number of aryl methyl sites for hydroxylation is 1. The van der Waals surface area contributed by atoms with Crippen LogP contribution in [0.3, 0.4) is 0 Å². The molecule has 0 bridgehead atoms. The molecular formula is C25H33N11O. The minimum absolute atomic E-state index is 0.0274. The van der Waals surface area contributed by atoms with Gasteiger partial charge in [0.15, 0.2) is 11.5 Å². The van der Waals surface area contributed by atoms with Gasteiger partial charge in [-0.05, 0) is 31.4 Å². The summed E-state index contributed by atoms with van der Waals surface area (Å²) in [6.07, 6.45) is 11.3. The molecule has 0 aliphatic carbocycles. The quantitative estimate of drug-likeness (QED) is 0.361. The first-order valence-corrected chi connectivity index (χ1v) is 12.4. The van der Waals surface area contributed by atoms with Crippen molar-refractivity contribution in [2.24, 2.45) is 12.5 Å². The number of dihydropyridines is 1. The molecule has 2 aliphatic heterocycles. The van der Waals surface area contributed by atoms with Crippen molar-refractivity contribution in [1.29, 1.82) is 0 Å². The summed E-state index contributed by atoms with van der Waals surface area (Å²) in [6.45, 7) is 10.2. The predicted octanol–water partition coefficient (Wildman–Crippen LogP) is 1.92. The first kappa shape index (κ1) is 24.6. The van der Waals surface area contributed by atoms with Crippen LogP contribution in [0.2, 0.25) is 0 Å². The lowest BCUT2D eigenvalue weighted by atomic mass is 9.93. The minimum Gasteiger partial charge on any atom is -0.382 e. The van der Waals surface area contributed by atoms with Crippen molar-refractivity contribution < 1.29 is 4.79 Å². The molecule has 1 unspecified atom stereocenters. The Morgan fingerprint density at radius 1 is 1.22 bits per heavy atom. The van der Waals surface area contributed by atoms with Crippen molar-refractivity contribution in [3.63, 3.8) is 0 Å². The molecule has 12 nitrogen and oxygen atoms in total. The molecule has 0 saturated carbocycles. The molecule has 194 valence electrons. The number of aromatic nitrogens is 6. The molecule has 37 heavy (non-hydrogen) atoms. The molecule has 1 atom stereocenters. The number of carbonyl (C=O) groups is 1. The standard InChI is InChI=1S/C25H33N11O/c1-16-20(9-17(10-29-16)23(37)28-6-8-36-7-5-25(2,3)14-36)32-21-19-13-30-24(33-22(19)35(4)34-21)31-18-11-26-15-27-12-18/h9-13,15-16,29H,5-8,14H2,1-4H3,(H,28,37)(H,32,34)(H,30,31,33). The average Bonchev–Trinajstić information content (AvgIpc) is 3.38. The molecule has 1 amide bonds. The Morgan fingerprint density at radius 3 is 2.78 bits per heavy atom. The lowest BCUT2D eigenvalue weighted by molar-refractivity contribution is -0.117. The highest BCUT2D eigenvalue weighted by atomic mass is 16.1. The summed E-state index contributed by atoms with van der Waals surface area (Å²) in [7, 11) is 1.83. The Kier molecular flexibility index (Phi) is 6.74. The van der Waals surface area contributed by atoms with Gasteiger partial charge in [-0.2, -0.15) is 10.1 Å². The van der Waals surface area contributed by atoms with E-state index in [2.05, 4.69) is 65.0 Å². The molecule has 5 heterocycles. The van der Waals surface area contributed by atoms with Crippen molar-refractivity contribution in [2.45, 2.75) is 33.2 Å². The molecule has 1 saturated heterocycles. The normalized spacial score (nSPS) is 19.2. The van der Waals surface area contributed by atoms with Gasteiger partial charge in [-0.1, -0.05) is 13.8 Å². The van der Waals surface area contributed by atoms with Crippen LogP contribution in [0.1, 0.15) is 27.2 Å². The van der Waals surface area contributed by atoms with E-state index in [4.69, 9.17) is 0 Å². The third kappa shape index (κ3) is 5.69. The van der Waals surface area contributed by atoms with Gasteiger partial charge in [0.25, 0.3) is 5.91 Å². The summed E-state index contributed by atoms with van der Waals surface area (Å²) in [4.78, 5) is 32.2. The van der Waals surface area contributed by atoms with Crippen molar-refractivity contribution in [3.8, 4) is 0 Å². The van der Waals surface area contributed by atoms with Gasteiger partial charge in [0, 0.05) is 44.8 Å². The fourth-order valence-corrected chi connectivity index (χ4v) is 4.58. The molecule has 3 aromatic rings. The highest BCUT2D eigenvalue weighted by Crippen LogP contribution is 2.28. The highest BCUT2D eigenvalue weighted by Gasteiger charge is 2.28. The number of nitrogens with one attached hydrogen (secondary N) is 4. The Bertz CT molecular complexity index is 1350. The van der Waals surface area contributed by atoms with Crippen LogP contribution in [0, 0.1) is 5.41 Å². The molecule has 3 aromatic heterocycles. The van der Waals surface area contributed by atoms with Crippen LogP contribution in [0.25, 0.3) is 11.0 Å². The second-order valence-electron chi connectivity index (χ2n) is 10.3. The first-order chi connectivity index (χ1) is 17.8. The average molecular weight is 504 g/mol. The SMILES string of the molecule is CC1NC=C(C(=O)NCCN2CCC(C)(C)C2)C=C1Nc1nn(C)c2nc(Nc3cncnc3)ncc12. The van der Waals surface area contributed by atoms with Crippen LogP contribution in [0.15, 0.2) is 48.5 Å². The first-order valence-electron chi connectivity index (χ1n) is 12.4. The van der Waals surface area contributed by atoms with Crippen molar-refractivity contribution in [2.75, 3.05) is 36.8 Å². The predicted molar refractivity (Wildman–Crippen MR) is 142 cm³/mol. The number of likely N-dealkylation sites (tertiary alicyclic amines) is 1. The second-order valence-corrected chi connectivity index (χ2v) is 10.3. The van der Waals surface area contributed by atoms with Gasteiger partial charge < -0.3 is 26.2 Å². The van der Waals surface area contributed by atoms with E-state index in [1.807, 2.05) is 20.0 Å². The smallest absolute Gasteiger partial charge is 0.252 e. The summed E-state index contributed by atoms with van der Waals surface area (Å²) in [6, 6.07) is -0.0274.